The lowest BCUT2D eigenvalue weighted by Crippen LogP contribution is -2.56. The Hall–Kier alpha value is -0.113. The molecule has 0 saturated carbocycles. The van der Waals surface area contributed by atoms with E-state index in [9.17, 15) is 13.5 Å². The molecule has 0 aliphatic rings. The Kier molecular flexibility index (Phi) is 7.78. The van der Waals surface area contributed by atoms with Crippen molar-refractivity contribution in [3.8, 4) is 0 Å². The van der Waals surface area contributed by atoms with E-state index in [4.69, 9.17) is 23.2 Å². The zero-order chi connectivity index (χ0) is 18.6. The Bertz CT molecular complexity index is 616. The highest BCUT2D eigenvalue weighted by atomic mass is 35.5. The molecule has 0 amide bonds. The van der Waals surface area contributed by atoms with Crippen LogP contribution in [0.25, 0.3) is 0 Å². The van der Waals surface area contributed by atoms with Gasteiger partial charge in [-0.1, -0.05) is 50.0 Å². The van der Waals surface area contributed by atoms with Gasteiger partial charge in [0.2, 0.25) is 10.0 Å². The molecule has 138 valence electrons. The van der Waals surface area contributed by atoms with Gasteiger partial charge in [-0.15, -0.1) is 23.2 Å². The van der Waals surface area contributed by atoms with Gasteiger partial charge in [-0.25, -0.2) is 13.1 Å². The Morgan fingerprint density at radius 1 is 1.21 bits per heavy atom. The maximum atomic E-state index is 12.5. The van der Waals surface area contributed by atoms with Crippen LogP contribution in [0.15, 0.2) is 30.3 Å². The van der Waals surface area contributed by atoms with Gasteiger partial charge >= 0.3 is 0 Å². The zero-order valence-corrected chi connectivity index (χ0v) is 17.9. The fourth-order valence-corrected chi connectivity index (χ4v) is 6.79. The molecule has 0 aliphatic heterocycles. The first kappa shape index (κ1) is 21.9. The summed E-state index contributed by atoms with van der Waals surface area (Å²) < 4.78 is 27.5. The van der Waals surface area contributed by atoms with Gasteiger partial charge in [0, 0.05) is 8.07 Å². The van der Waals surface area contributed by atoms with Crippen molar-refractivity contribution >= 4 is 41.3 Å². The highest BCUT2D eigenvalue weighted by Crippen LogP contribution is 2.26. The van der Waals surface area contributed by atoms with Gasteiger partial charge in [-0.05, 0) is 25.0 Å². The van der Waals surface area contributed by atoms with Gasteiger partial charge in [0.05, 0.1) is 11.8 Å². The van der Waals surface area contributed by atoms with Gasteiger partial charge < -0.3 is 5.11 Å². The molecule has 24 heavy (non-hydrogen) atoms. The van der Waals surface area contributed by atoms with E-state index >= 15 is 0 Å². The van der Waals surface area contributed by atoms with E-state index in [0.717, 1.165) is 5.56 Å². The minimum atomic E-state index is -3.54. The summed E-state index contributed by atoms with van der Waals surface area (Å²) >= 11 is 11.8. The van der Waals surface area contributed by atoms with Crippen molar-refractivity contribution in [3.05, 3.63) is 35.9 Å². The molecule has 0 spiro atoms. The number of sulfonamides is 1. The van der Waals surface area contributed by atoms with E-state index in [2.05, 4.69) is 24.4 Å². The maximum absolute atomic E-state index is 12.5. The molecule has 1 rings (SSSR count). The van der Waals surface area contributed by atoms with Crippen LogP contribution >= 0.6 is 23.2 Å². The first-order chi connectivity index (χ1) is 10.8. The van der Waals surface area contributed by atoms with Crippen molar-refractivity contribution in [2.45, 2.75) is 55.5 Å². The Balaban J connectivity index is 2.97. The van der Waals surface area contributed by atoms with Gasteiger partial charge in [-0.3, -0.25) is 0 Å². The number of alkyl halides is 2. The fraction of sp³-hybridized carbons (Fsp3) is 0.625. The molecule has 2 N–H and O–H groups in total. The van der Waals surface area contributed by atoms with E-state index in [-0.39, 0.29) is 5.75 Å². The first-order valence-electron chi connectivity index (χ1n) is 7.88. The van der Waals surface area contributed by atoms with Crippen LogP contribution < -0.4 is 4.72 Å². The topological polar surface area (TPSA) is 66.4 Å². The summed E-state index contributed by atoms with van der Waals surface area (Å²) in [6.07, 6.45) is 0.302. The third-order valence-corrected chi connectivity index (χ3v) is 8.25. The molecule has 0 bridgehead atoms. The largest absolute Gasteiger partial charge is 0.386 e. The summed E-state index contributed by atoms with van der Waals surface area (Å²) in [6.45, 7) is 7.81. The number of halogens is 2. The molecule has 2 atom stereocenters. The second kappa shape index (κ2) is 8.51. The van der Waals surface area contributed by atoms with Crippen molar-refractivity contribution in [1.82, 2.24) is 4.72 Å². The van der Waals surface area contributed by atoms with Crippen molar-refractivity contribution in [3.63, 3.8) is 0 Å². The summed E-state index contributed by atoms with van der Waals surface area (Å²) in [5, 5.41) is 10.6. The van der Waals surface area contributed by atoms with Crippen LogP contribution in [-0.4, -0.2) is 43.8 Å². The van der Waals surface area contributed by atoms with Gasteiger partial charge in [-0.2, -0.15) is 0 Å². The average Bonchev–Trinajstić information content (AvgIpc) is 2.45. The van der Waals surface area contributed by atoms with Gasteiger partial charge in [0.1, 0.15) is 10.4 Å². The molecule has 1 aromatic rings. The second-order valence-electron chi connectivity index (χ2n) is 7.52. The number of nitrogens with one attached hydrogen (secondary N) is 1. The fourth-order valence-electron chi connectivity index (χ4n) is 2.09. The smallest absolute Gasteiger partial charge is 0.211 e. The molecule has 0 unspecified atom stereocenters. The van der Waals surface area contributed by atoms with E-state index < -0.39 is 34.6 Å². The second-order valence-corrected chi connectivity index (χ2v) is 16.1. The molecular weight excluding hydrogens is 385 g/mol. The maximum Gasteiger partial charge on any atom is 0.211 e. The molecular formula is C16H27Cl2NO3SSi. The van der Waals surface area contributed by atoms with Crippen LogP contribution in [0, 0.1) is 0 Å². The van der Waals surface area contributed by atoms with Gasteiger partial charge in [0.25, 0.3) is 0 Å². The molecule has 0 aromatic heterocycles. The van der Waals surface area contributed by atoms with E-state index in [1.54, 1.807) is 0 Å². The lowest BCUT2D eigenvalue weighted by atomic mass is 9.93. The number of benzene rings is 1. The van der Waals surface area contributed by atoms with Crippen LogP contribution in [0.3, 0.4) is 0 Å². The normalized spacial score (nSPS) is 16.8. The van der Waals surface area contributed by atoms with Crippen molar-refractivity contribution in [2.24, 2.45) is 0 Å². The quantitative estimate of drug-likeness (QED) is 0.483. The minimum absolute atomic E-state index is 0.0410. The van der Waals surface area contributed by atoms with E-state index in [1.165, 1.54) is 6.92 Å². The van der Waals surface area contributed by atoms with Crippen LogP contribution in [0.1, 0.15) is 12.5 Å². The molecule has 1 aromatic carbocycles. The molecule has 0 radical (unpaired) electrons. The third-order valence-electron chi connectivity index (χ3n) is 3.87. The number of hydrogen-bond donors (Lipinski definition) is 2. The molecule has 0 fully saturated rings. The van der Waals surface area contributed by atoms with Crippen LogP contribution in [0.2, 0.25) is 25.7 Å². The lowest BCUT2D eigenvalue weighted by molar-refractivity contribution is 0.0402. The highest BCUT2D eigenvalue weighted by Gasteiger charge is 2.40. The van der Waals surface area contributed by atoms with E-state index in [0.29, 0.717) is 12.5 Å². The SMILES string of the molecule is C[C@@](O)(C(Cl)Cl)[C@@H](Cc1ccccc1)NS(=O)(=O)CC[Si](C)(C)C. The summed E-state index contributed by atoms with van der Waals surface area (Å²) in [7, 11) is -5.04. The summed E-state index contributed by atoms with van der Waals surface area (Å²) in [5.41, 5.74) is -0.699. The van der Waals surface area contributed by atoms with Crippen molar-refractivity contribution in [1.29, 1.82) is 0 Å². The van der Waals surface area contributed by atoms with Crippen LogP contribution in [0.4, 0.5) is 0 Å². The van der Waals surface area contributed by atoms with Gasteiger partial charge in [0.15, 0.2) is 0 Å². The highest BCUT2D eigenvalue weighted by molar-refractivity contribution is 7.89. The van der Waals surface area contributed by atoms with Crippen LogP contribution in [0.5, 0.6) is 0 Å². The predicted octanol–water partition coefficient (Wildman–Crippen LogP) is 3.41. The molecule has 0 heterocycles. The number of rotatable bonds is 9. The first-order valence-corrected chi connectivity index (χ1v) is 14.1. The standard InChI is InChI=1S/C16H27Cl2NO3SSi/c1-16(20,15(17)18)14(12-13-8-6-5-7-9-13)19-23(21,22)10-11-24(2,3)4/h5-9,14-15,19-20H,10-12H2,1-4H3/t14-,16+/m1/s1. The van der Waals surface area contributed by atoms with E-state index in [1.807, 2.05) is 30.3 Å². The monoisotopic (exact) mass is 411 g/mol. The third kappa shape index (κ3) is 7.41. The molecule has 4 nitrogen and oxygen atoms in total. The van der Waals surface area contributed by atoms with Crippen molar-refractivity contribution < 1.29 is 13.5 Å². The molecule has 0 aliphatic carbocycles. The Labute approximate surface area is 156 Å². The number of aliphatic hydroxyl groups is 1. The summed E-state index contributed by atoms with van der Waals surface area (Å²) in [6, 6.07) is 9.17. The molecule has 8 heteroatoms. The predicted molar refractivity (Wildman–Crippen MR) is 105 cm³/mol. The molecule has 0 saturated heterocycles. The minimum Gasteiger partial charge on any atom is -0.386 e. The Morgan fingerprint density at radius 2 is 1.75 bits per heavy atom. The summed E-state index contributed by atoms with van der Waals surface area (Å²) in [5.74, 6) is 0.0410. The Morgan fingerprint density at radius 3 is 2.21 bits per heavy atom. The summed E-state index contributed by atoms with van der Waals surface area (Å²) in [4.78, 5) is -1.12. The van der Waals surface area contributed by atoms with Crippen LogP contribution in [-0.2, 0) is 16.4 Å². The zero-order valence-electron chi connectivity index (χ0n) is 14.6. The number of hydrogen-bond acceptors (Lipinski definition) is 3. The average molecular weight is 412 g/mol. The van der Waals surface area contributed by atoms with Crippen molar-refractivity contribution in [2.75, 3.05) is 5.75 Å². The lowest BCUT2D eigenvalue weighted by Gasteiger charge is -2.34.